The van der Waals surface area contributed by atoms with Gasteiger partial charge in [0.15, 0.2) is 0 Å². The van der Waals surface area contributed by atoms with Gasteiger partial charge < -0.3 is 58.6 Å². The van der Waals surface area contributed by atoms with E-state index in [0.29, 0.717) is 55.1 Å². The van der Waals surface area contributed by atoms with Crippen molar-refractivity contribution in [3.05, 3.63) is 95.6 Å². The van der Waals surface area contributed by atoms with Crippen molar-refractivity contribution in [1.82, 2.24) is 19.9 Å². The highest BCUT2D eigenvalue weighted by Gasteiger charge is 2.17. The first-order valence-corrected chi connectivity index (χ1v) is 24.4. The molecule has 0 saturated carbocycles. The molecule has 0 fully saturated rings. The molecule has 6 N–H and O–H groups in total. The van der Waals surface area contributed by atoms with Crippen LogP contribution < -0.4 is 0 Å². The number of hydrogen-bond donors (Lipinski definition) is 6. The Hall–Kier alpha value is -6.66. The fourth-order valence-corrected chi connectivity index (χ4v) is 8.04. The number of hydrogen-bond acceptors (Lipinski definition) is 18. The number of rotatable bonds is 26. The number of aliphatic hydroxyl groups is 2. The average molecular weight is 1080 g/mol. The first-order chi connectivity index (χ1) is 34.6. The van der Waals surface area contributed by atoms with Gasteiger partial charge in [0.05, 0.1) is 81.7 Å². The number of halogens is 2. The number of H-pyrrole nitrogens is 4. The normalized spacial score (nSPS) is 10.5. The maximum absolute atomic E-state index is 12.3. The van der Waals surface area contributed by atoms with Crippen LogP contribution in [0.15, 0.2) is 72.8 Å². The molecule has 20 nitrogen and oxygen atoms in total. The van der Waals surface area contributed by atoms with Crippen molar-refractivity contribution in [3.63, 3.8) is 0 Å². The Labute approximate surface area is 430 Å². The third-order valence-electron chi connectivity index (χ3n) is 9.15. The van der Waals surface area contributed by atoms with Crippen molar-refractivity contribution in [2.24, 2.45) is 0 Å². The van der Waals surface area contributed by atoms with Crippen molar-refractivity contribution >= 4 is 92.0 Å². The zero-order valence-corrected chi connectivity index (χ0v) is 42.2. The van der Waals surface area contributed by atoms with Gasteiger partial charge in [-0.25, -0.2) is 19.2 Å². The van der Waals surface area contributed by atoms with E-state index in [1.54, 1.807) is 49.6 Å². The van der Waals surface area contributed by atoms with Crippen LogP contribution in [0.5, 0.6) is 0 Å². The lowest BCUT2D eigenvalue weighted by Gasteiger charge is -2.05. The number of ether oxygens (including phenoxy) is 6. The average Bonchev–Trinajstić information content (AvgIpc) is 4.20. The topological polar surface area (TPSA) is 296 Å². The number of aromatic nitrogens is 4. The van der Waals surface area contributed by atoms with Gasteiger partial charge in [-0.3, -0.25) is 19.2 Å². The molecular formula is C48H52Cl2N4O16S2. The van der Waals surface area contributed by atoms with E-state index in [2.05, 4.69) is 19.9 Å². The number of esters is 5. The number of carbonyl (C=O) groups excluding carboxylic acids is 8. The first kappa shape index (κ1) is 57.9. The third kappa shape index (κ3) is 19.9. The molecule has 0 atom stereocenters. The lowest BCUT2D eigenvalue weighted by molar-refractivity contribution is -0.146. The molecule has 0 aliphatic rings. The van der Waals surface area contributed by atoms with Crippen molar-refractivity contribution in [2.75, 3.05) is 60.0 Å². The summed E-state index contributed by atoms with van der Waals surface area (Å²) in [5.41, 5.74) is 4.46. The minimum Gasteiger partial charge on any atom is -0.465 e. The second-order valence-electron chi connectivity index (χ2n) is 14.9. The van der Waals surface area contributed by atoms with Crippen LogP contribution in [0.3, 0.4) is 0 Å². The van der Waals surface area contributed by atoms with Crippen LogP contribution in [0, 0.1) is 0 Å². The minimum absolute atomic E-state index is 0.0257. The number of ketones is 1. The molecule has 0 unspecified atom stereocenters. The summed E-state index contributed by atoms with van der Waals surface area (Å²) < 4.78 is 30.4. The van der Waals surface area contributed by atoms with E-state index in [0.717, 1.165) is 42.3 Å². The molecule has 24 heteroatoms. The lowest BCUT2D eigenvalue weighted by Crippen LogP contribution is -2.12. The van der Waals surface area contributed by atoms with Gasteiger partial charge >= 0.3 is 29.8 Å². The Morgan fingerprint density at radius 1 is 0.444 bits per heavy atom. The second kappa shape index (κ2) is 30.9. The smallest absolute Gasteiger partial charge is 0.354 e. The van der Waals surface area contributed by atoms with E-state index in [4.69, 9.17) is 61.8 Å². The maximum atomic E-state index is 12.3. The molecule has 72 heavy (non-hydrogen) atoms. The molecule has 0 aliphatic heterocycles. The van der Waals surface area contributed by atoms with E-state index in [1.807, 2.05) is 30.3 Å². The van der Waals surface area contributed by atoms with Gasteiger partial charge in [0.1, 0.15) is 35.0 Å². The van der Waals surface area contributed by atoms with Crippen LogP contribution in [0.4, 0.5) is 0 Å². The van der Waals surface area contributed by atoms with E-state index < -0.39 is 40.3 Å². The first-order valence-electron chi connectivity index (χ1n) is 22.0. The zero-order chi connectivity index (χ0) is 52.4. The number of Topliss-reactive ketones (excluding diaryl/α,β-unsaturated/α-hetero) is 1. The standard InChI is InChI=1S/C25H28N2O8S.C20H22N2O6S.C3H2Cl2O2/c1-16(28)15-23(29)33-12-4-14-35-25(31)20-8-6-18(27-20)22-10-9-21(36-22)17-5-7-19(26-17)24(30)34-13-3-11-32-2;23-9-1-11-27-19(25)15-5-3-13(21-15)17-7-8-18(29-17)14-4-6-16(22-14)20(26)28-12-2-10-24;4-2(6)1-3(5)7/h5-10,26-27H,3-4,11-15H2,1-2H3;3-8,21-24H,1-2,9-12H2;1H2. The number of aromatic amines is 4. The summed E-state index contributed by atoms with van der Waals surface area (Å²) in [7, 11) is 1.60. The summed E-state index contributed by atoms with van der Waals surface area (Å²) >= 11 is 12.4. The Morgan fingerprint density at radius 2 is 0.750 bits per heavy atom. The van der Waals surface area contributed by atoms with Crippen LogP contribution in [0.1, 0.15) is 87.4 Å². The highest BCUT2D eigenvalue weighted by molar-refractivity contribution is 7.19. The van der Waals surface area contributed by atoms with Crippen LogP contribution >= 0.6 is 45.9 Å². The van der Waals surface area contributed by atoms with E-state index in [-0.39, 0.29) is 64.9 Å². The summed E-state index contributed by atoms with van der Waals surface area (Å²) in [6.45, 7) is 2.56. The molecule has 6 heterocycles. The third-order valence-corrected chi connectivity index (χ3v) is 11.7. The Bertz CT molecular complexity index is 2640. The molecule has 0 aromatic carbocycles. The highest BCUT2D eigenvalue weighted by Crippen LogP contribution is 2.35. The van der Waals surface area contributed by atoms with Crippen molar-refractivity contribution in [1.29, 1.82) is 0 Å². The molecule has 0 bridgehead atoms. The van der Waals surface area contributed by atoms with Crippen molar-refractivity contribution in [2.45, 2.75) is 45.4 Å². The molecule has 0 aliphatic carbocycles. The molecule has 6 rings (SSSR count). The SMILES string of the molecule is COCCCOC(=O)c1ccc(-c2ccc(-c3ccc(C(=O)OCCCOC(=O)CC(C)=O)[nH]3)s2)[nH]1.O=C(Cl)CC(=O)Cl.O=C(OCCCO)c1ccc(-c2ccc(-c3ccc(C(=O)OCCCO)[nH]3)s2)[nH]1. The van der Waals surface area contributed by atoms with Crippen molar-refractivity contribution in [3.8, 4) is 42.3 Å². The van der Waals surface area contributed by atoms with E-state index in [9.17, 15) is 38.4 Å². The van der Waals surface area contributed by atoms with E-state index >= 15 is 0 Å². The Morgan fingerprint density at radius 3 is 1.03 bits per heavy atom. The van der Waals surface area contributed by atoms with E-state index in [1.165, 1.54) is 29.6 Å². The number of carbonyl (C=O) groups is 8. The van der Waals surface area contributed by atoms with Gasteiger partial charge in [-0.05, 0) is 103 Å². The van der Waals surface area contributed by atoms with Crippen LogP contribution in [-0.2, 0) is 47.6 Å². The summed E-state index contributed by atoms with van der Waals surface area (Å²) in [5.74, 6) is -2.72. The summed E-state index contributed by atoms with van der Waals surface area (Å²) in [6, 6.07) is 21.5. The largest absolute Gasteiger partial charge is 0.465 e. The van der Waals surface area contributed by atoms with Gasteiger partial charge in [-0.1, -0.05) is 0 Å². The fourth-order valence-electron chi connectivity index (χ4n) is 5.80. The van der Waals surface area contributed by atoms with Gasteiger partial charge in [0.25, 0.3) is 0 Å². The highest BCUT2D eigenvalue weighted by atomic mass is 35.5. The maximum Gasteiger partial charge on any atom is 0.354 e. The molecular weight excluding hydrogens is 1020 g/mol. The lowest BCUT2D eigenvalue weighted by atomic mass is 10.3. The number of aliphatic hydroxyl groups excluding tert-OH is 2. The molecule has 0 saturated heterocycles. The van der Waals surface area contributed by atoms with Gasteiger partial charge in [0.2, 0.25) is 10.5 Å². The summed E-state index contributed by atoms with van der Waals surface area (Å²) in [5, 5.41) is 16.0. The van der Waals surface area contributed by atoms with Crippen LogP contribution in [-0.4, -0.2) is 136 Å². The number of nitrogens with one attached hydrogen (secondary N) is 4. The number of methoxy groups -OCH3 is 1. The molecule has 0 spiro atoms. The molecule has 0 amide bonds. The Balaban J connectivity index is 0.000000280. The minimum atomic E-state index is -0.722. The van der Waals surface area contributed by atoms with Crippen LogP contribution in [0.2, 0.25) is 0 Å². The molecule has 0 radical (unpaired) electrons. The van der Waals surface area contributed by atoms with Crippen molar-refractivity contribution < 1.29 is 77.0 Å². The monoisotopic (exact) mass is 1070 g/mol. The fraction of sp³-hybridized carbons (Fsp3) is 0.333. The number of thiophene rings is 2. The molecule has 6 aromatic heterocycles. The molecule has 6 aromatic rings. The van der Waals surface area contributed by atoms with Gasteiger partial charge in [-0.15, -0.1) is 22.7 Å². The van der Waals surface area contributed by atoms with Gasteiger partial charge in [-0.2, -0.15) is 0 Å². The molecule has 386 valence electrons. The quantitative estimate of drug-likeness (QED) is 0.00996. The zero-order valence-electron chi connectivity index (χ0n) is 39.0. The van der Waals surface area contributed by atoms with Gasteiger partial charge in [0, 0.05) is 52.6 Å². The second-order valence-corrected chi connectivity index (χ2v) is 17.9. The summed E-state index contributed by atoms with van der Waals surface area (Å²) in [4.78, 5) is 106. The summed E-state index contributed by atoms with van der Waals surface area (Å²) in [6.07, 6.45) is 1.12. The Kier molecular flexibility index (Phi) is 24.9. The predicted molar refractivity (Wildman–Crippen MR) is 266 cm³/mol. The predicted octanol–water partition coefficient (Wildman–Crippen LogP) is 7.72. The van der Waals surface area contributed by atoms with Crippen LogP contribution in [0.25, 0.3) is 42.3 Å².